The van der Waals surface area contributed by atoms with Gasteiger partial charge in [0, 0.05) is 16.1 Å². The van der Waals surface area contributed by atoms with Crippen molar-refractivity contribution in [3.8, 4) is 0 Å². The van der Waals surface area contributed by atoms with Crippen molar-refractivity contribution in [1.29, 1.82) is 0 Å². The number of para-hydroxylation sites is 1. The molecule has 2 N–H and O–H groups in total. The molecule has 2 nitrogen and oxygen atoms in total. The summed E-state index contributed by atoms with van der Waals surface area (Å²) in [6.07, 6.45) is 1.74. The van der Waals surface area contributed by atoms with Crippen LogP contribution in [0.15, 0.2) is 59.2 Å². The average molecular weight is 331 g/mol. The number of halogens is 2. The second-order valence-corrected chi connectivity index (χ2v) is 5.52. The number of benzene rings is 2. The summed E-state index contributed by atoms with van der Waals surface area (Å²) in [6, 6.07) is 14.0. The van der Waals surface area contributed by atoms with Crippen LogP contribution in [0.5, 0.6) is 0 Å². The van der Waals surface area contributed by atoms with Crippen molar-refractivity contribution in [3.05, 3.63) is 76.1 Å². The van der Waals surface area contributed by atoms with Gasteiger partial charge in [-0.1, -0.05) is 40.2 Å². The summed E-state index contributed by atoms with van der Waals surface area (Å²) >= 11 is 3.29. The summed E-state index contributed by atoms with van der Waals surface area (Å²) < 4.78 is 14.2. The smallest absolute Gasteiger partial charge is 0.124 e. The van der Waals surface area contributed by atoms with Gasteiger partial charge in [0.1, 0.15) is 5.82 Å². The summed E-state index contributed by atoms with van der Waals surface area (Å²) in [5, 5.41) is 1.02. The van der Waals surface area contributed by atoms with Crippen molar-refractivity contribution in [1.82, 2.24) is 4.98 Å². The van der Waals surface area contributed by atoms with Gasteiger partial charge < -0.3 is 5.73 Å². The molecule has 0 saturated carbocycles. The predicted octanol–water partition coefficient (Wildman–Crippen LogP) is 4.18. The number of pyridine rings is 1. The van der Waals surface area contributed by atoms with E-state index in [1.807, 2.05) is 36.4 Å². The van der Waals surface area contributed by atoms with E-state index in [-0.39, 0.29) is 5.82 Å². The van der Waals surface area contributed by atoms with Gasteiger partial charge in [-0.3, -0.25) is 4.98 Å². The Labute approximate surface area is 124 Å². The van der Waals surface area contributed by atoms with Crippen LogP contribution in [0.25, 0.3) is 10.9 Å². The van der Waals surface area contributed by atoms with Gasteiger partial charge in [-0.05, 0) is 35.4 Å². The van der Waals surface area contributed by atoms with E-state index in [1.165, 1.54) is 12.1 Å². The fourth-order valence-electron chi connectivity index (χ4n) is 2.31. The van der Waals surface area contributed by atoms with Crippen molar-refractivity contribution in [2.24, 2.45) is 5.73 Å². The topological polar surface area (TPSA) is 38.9 Å². The number of hydrogen-bond acceptors (Lipinski definition) is 2. The first-order valence-corrected chi connectivity index (χ1v) is 6.99. The highest BCUT2D eigenvalue weighted by molar-refractivity contribution is 9.10. The zero-order valence-corrected chi connectivity index (χ0v) is 12.1. The Morgan fingerprint density at radius 3 is 2.70 bits per heavy atom. The number of rotatable bonds is 2. The lowest BCUT2D eigenvalue weighted by atomic mass is 9.97. The van der Waals surface area contributed by atoms with Gasteiger partial charge in [-0.2, -0.15) is 0 Å². The monoisotopic (exact) mass is 330 g/mol. The van der Waals surface area contributed by atoms with Gasteiger partial charge in [0.05, 0.1) is 11.6 Å². The van der Waals surface area contributed by atoms with Crippen LogP contribution >= 0.6 is 15.9 Å². The van der Waals surface area contributed by atoms with Gasteiger partial charge in [0.25, 0.3) is 0 Å². The average Bonchev–Trinajstić information content (AvgIpc) is 2.45. The van der Waals surface area contributed by atoms with Crippen molar-refractivity contribution in [2.45, 2.75) is 6.04 Å². The van der Waals surface area contributed by atoms with Crippen LogP contribution in [0.4, 0.5) is 4.39 Å². The Kier molecular flexibility index (Phi) is 3.51. The Balaban J connectivity index is 2.15. The SMILES string of the molecule is NC(c1cc(F)cc(Br)c1)c1cccc2cccnc12. The van der Waals surface area contributed by atoms with Crippen LogP contribution < -0.4 is 5.73 Å². The fourth-order valence-corrected chi connectivity index (χ4v) is 2.80. The van der Waals surface area contributed by atoms with E-state index in [1.54, 1.807) is 6.20 Å². The lowest BCUT2D eigenvalue weighted by molar-refractivity contribution is 0.622. The number of nitrogens with two attached hydrogens (primary N) is 1. The number of aromatic nitrogens is 1. The maximum Gasteiger partial charge on any atom is 0.124 e. The van der Waals surface area contributed by atoms with E-state index in [9.17, 15) is 4.39 Å². The molecule has 3 aromatic rings. The third kappa shape index (κ3) is 2.44. The standard InChI is InChI=1S/C16H12BrFN2/c17-12-7-11(8-13(18)9-12)15(19)14-5-1-3-10-4-2-6-20-16(10)14/h1-9,15H,19H2. The Morgan fingerprint density at radius 2 is 1.90 bits per heavy atom. The zero-order valence-electron chi connectivity index (χ0n) is 10.6. The maximum absolute atomic E-state index is 13.5. The van der Waals surface area contributed by atoms with Crippen LogP contribution in [-0.4, -0.2) is 4.98 Å². The highest BCUT2D eigenvalue weighted by Gasteiger charge is 2.14. The van der Waals surface area contributed by atoms with E-state index in [0.29, 0.717) is 4.47 Å². The molecule has 0 radical (unpaired) electrons. The molecule has 1 heterocycles. The second-order valence-electron chi connectivity index (χ2n) is 4.60. The maximum atomic E-state index is 13.5. The molecule has 0 aliphatic heterocycles. The molecular formula is C16H12BrFN2. The Hall–Kier alpha value is -1.78. The van der Waals surface area contributed by atoms with E-state index < -0.39 is 6.04 Å². The van der Waals surface area contributed by atoms with Crippen molar-refractivity contribution >= 4 is 26.8 Å². The minimum absolute atomic E-state index is 0.307. The first-order valence-electron chi connectivity index (χ1n) is 6.20. The van der Waals surface area contributed by atoms with E-state index in [0.717, 1.165) is 22.0 Å². The van der Waals surface area contributed by atoms with Crippen molar-refractivity contribution in [2.75, 3.05) is 0 Å². The van der Waals surface area contributed by atoms with E-state index in [2.05, 4.69) is 20.9 Å². The molecule has 20 heavy (non-hydrogen) atoms. The lowest BCUT2D eigenvalue weighted by Gasteiger charge is -2.15. The third-order valence-corrected chi connectivity index (χ3v) is 3.70. The summed E-state index contributed by atoms with van der Waals surface area (Å²) in [5.41, 5.74) is 8.75. The summed E-state index contributed by atoms with van der Waals surface area (Å²) in [4.78, 5) is 4.39. The molecule has 0 amide bonds. The number of nitrogens with zero attached hydrogens (tertiary/aromatic N) is 1. The van der Waals surface area contributed by atoms with Gasteiger partial charge in [0.2, 0.25) is 0 Å². The molecule has 0 spiro atoms. The van der Waals surface area contributed by atoms with Crippen molar-refractivity contribution < 1.29 is 4.39 Å². The molecule has 100 valence electrons. The Morgan fingerprint density at radius 1 is 1.10 bits per heavy atom. The molecular weight excluding hydrogens is 319 g/mol. The molecule has 0 aliphatic rings. The van der Waals surface area contributed by atoms with Gasteiger partial charge in [-0.25, -0.2) is 4.39 Å². The fraction of sp³-hybridized carbons (Fsp3) is 0.0625. The molecule has 1 atom stereocenters. The Bertz CT molecular complexity index is 748. The summed E-state index contributed by atoms with van der Waals surface area (Å²) in [6.45, 7) is 0. The van der Waals surface area contributed by atoms with Crippen LogP contribution in [0.1, 0.15) is 17.2 Å². The molecule has 0 saturated heterocycles. The van der Waals surface area contributed by atoms with Crippen molar-refractivity contribution in [3.63, 3.8) is 0 Å². The largest absolute Gasteiger partial charge is 0.320 e. The minimum atomic E-state index is -0.416. The van der Waals surface area contributed by atoms with Gasteiger partial charge in [-0.15, -0.1) is 0 Å². The number of fused-ring (bicyclic) bond motifs is 1. The minimum Gasteiger partial charge on any atom is -0.320 e. The second kappa shape index (κ2) is 5.31. The highest BCUT2D eigenvalue weighted by atomic mass is 79.9. The van der Waals surface area contributed by atoms with E-state index >= 15 is 0 Å². The first-order chi connectivity index (χ1) is 9.65. The molecule has 0 aliphatic carbocycles. The normalized spacial score (nSPS) is 12.6. The van der Waals surface area contributed by atoms with Gasteiger partial charge in [0.15, 0.2) is 0 Å². The molecule has 1 unspecified atom stereocenters. The van der Waals surface area contributed by atoms with Crippen LogP contribution in [-0.2, 0) is 0 Å². The van der Waals surface area contributed by atoms with Crippen LogP contribution in [0, 0.1) is 5.82 Å². The molecule has 3 rings (SSSR count). The molecule has 1 aromatic heterocycles. The molecule has 2 aromatic carbocycles. The summed E-state index contributed by atoms with van der Waals surface area (Å²) in [7, 11) is 0. The van der Waals surface area contributed by atoms with Gasteiger partial charge >= 0.3 is 0 Å². The highest BCUT2D eigenvalue weighted by Crippen LogP contribution is 2.28. The van der Waals surface area contributed by atoms with Crippen LogP contribution in [0.3, 0.4) is 0 Å². The number of hydrogen-bond donors (Lipinski definition) is 1. The molecule has 0 fully saturated rings. The molecule has 0 bridgehead atoms. The lowest BCUT2D eigenvalue weighted by Crippen LogP contribution is -2.13. The zero-order chi connectivity index (χ0) is 14.1. The molecule has 4 heteroatoms. The summed E-state index contributed by atoms with van der Waals surface area (Å²) in [5.74, 6) is -0.307. The first kappa shape index (κ1) is 13.2. The predicted molar refractivity (Wildman–Crippen MR) is 81.9 cm³/mol. The van der Waals surface area contributed by atoms with Crippen LogP contribution in [0.2, 0.25) is 0 Å². The van der Waals surface area contributed by atoms with E-state index in [4.69, 9.17) is 5.73 Å². The third-order valence-electron chi connectivity index (χ3n) is 3.24. The quantitative estimate of drug-likeness (QED) is 0.765.